The molecule has 0 aliphatic carbocycles. The second kappa shape index (κ2) is 5.46. The van der Waals surface area contributed by atoms with E-state index < -0.39 is 0 Å². The molecular weight excluding hydrogens is 232 g/mol. The smallest absolute Gasteiger partial charge is 0.0954 e. The Balaban J connectivity index is 1.89. The van der Waals surface area contributed by atoms with Gasteiger partial charge in [0, 0.05) is 24.4 Å². The topological polar surface area (TPSA) is 36.4 Å². The van der Waals surface area contributed by atoms with Gasteiger partial charge in [0.25, 0.3) is 0 Å². The Morgan fingerprint density at radius 1 is 1.53 bits per heavy atom. The summed E-state index contributed by atoms with van der Waals surface area (Å²) in [5.41, 5.74) is 1.19. The molecular formula is C13H22N2OS. The molecule has 0 spiro atoms. The number of thiazole rings is 1. The maximum atomic E-state index is 9.57. The molecule has 1 aliphatic rings. The molecule has 1 aromatic rings. The molecule has 2 atom stereocenters. The highest BCUT2D eigenvalue weighted by Crippen LogP contribution is 2.24. The summed E-state index contributed by atoms with van der Waals surface area (Å²) in [7, 11) is 0. The summed E-state index contributed by atoms with van der Waals surface area (Å²) in [6.07, 6.45) is 0.931. The van der Waals surface area contributed by atoms with E-state index in [0.29, 0.717) is 11.8 Å². The Morgan fingerprint density at radius 3 is 2.82 bits per heavy atom. The maximum absolute atomic E-state index is 9.57. The lowest BCUT2D eigenvalue weighted by atomic mass is 10.0. The van der Waals surface area contributed by atoms with Crippen molar-refractivity contribution in [2.75, 3.05) is 13.1 Å². The number of rotatable bonds is 4. The molecule has 17 heavy (non-hydrogen) atoms. The maximum Gasteiger partial charge on any atom is 0.0954 e. The van der Waals surface area contributed by atoms with Crippen molar-refractivity contribution in [2.24, 2.45) is 5.92 Å². The average molecular weight is 254 g/mol. The first-order valence-electron chi connectivity index (χ1n) is 6.41. The summed E-state index contributed by atoms with van der Waals surface area (Å²) < 4.78 is 0. The van der Waals surface area contributed by atoms with E-state index in [4.69, 9.17) is 0 Å². The minimum Gasteiger partial charge on any atom is -0.393 e. The van der Waals surface area contributed by atoms with E-state index in [1.165, 1.54) is 10.7 Å². The summed E-state index contributed by atoms with van der Waals surface area (Å²) in [5.74, 6) is 0.968. The zero-order chi connectivity index (χ0) is 12.4. The zero-order valence-corrected chi connectivity index (χ0v) is 11.7. The van der Waals surface area contributed by atoms with Crippen LogP contribution in [0.4, 0.5) is 0 Å². The summed E-state index contributed by atoms with van der Waals surface area (Å²) >= 11 is 1.76. The molecule has 3 nitrogen and oxygen atoms in total. The van der Waals surface area contributed by atoms with Crippen LogP contribution in [0.2, 0.25) is 0 Å². The van der Waals surface area contributed by atoms with Gasteiger partial charge < -0.3 is 5.11 Å². The van der Waals surface area contributed by atoms with Crippen molar-refractivity contribution in [3.05, 3.63) is 16.1 Å². The van der Waals surface area contributed by atoms with Crippen molar-refractivity contribution < 1.29 is 5.11 Å². The third kappa shape index (κ3) is 3.27. The van der Waals surface area contributed by atoms with Crippen LogP contribution in [0.3, 0.4) is 0 Å². The number of nitrogens with zero attached hydrogens (tertiary/aromatic N) is 2. The van der Waals surface area contributed by atoms with Crippen LogP contribution in [0.25, 0.3) is 0 Å². The number of aliphatic hydroxyl groups is 1. The third-order valence-electron chi connectivity index (χ3n) is 3.44. The Hall–Kier alpha value is -0.450. The van der Waals surface area contributed by atoms with Gasteiger partial charge >= 0.3 is 0 Å². The van der Waals surface area contributed by atoms with Gasteiger partial charge in [-0.3, -0.25) is 4.90 Å². The highest BCUT2D eigenvalue weighted by molar-refractivity contribution is 7.09. The molecule has 1 saturated heterocycles. The van der Waals surface area contributed by atoms with E-state index in [9.17, 15) is 5.11 Å². The molecule has 1 N–H and O–H groups in total. The number of aromatic nitrogens is 1. The van der Waals surface area contributed by atoms with Crippen LogP contribution in [0.5, 0.6) is 0 Å². The highest BCUT2D eigenvalue weighted by Gasteiger charge is 2.26. The molecule has 4 heteroatoms. The van der Waals surface area contributed by atoms with E-state index in [1.807, 2.05) is 6.92 Å². The Bertz CT molecular complexity index is 362. The quantitative estimate of drug-likeness (QED) is 0.896. The first kappa shape index (κ1) is 13.0. The minimum atomic E-state index is -0.179. The monoisotopic (exact) mass is 254 g/mol. The van der Waals surface area contributed by atoms with Gasteiger partial charge in [-0.15, -0.1) is 11.3 Å². The standard InChI is InChI=1S/C13H22N2OS/c1-9(2)13-14-12(8-17-13)7-15-5-4-11(6-15)10(3)16/h8-11,16H,4-7H2,1-3H3. The van der Waals surface area contributed by atoms with Crippen LogP contribution in [-0.4, -0.2) is 34.2 Å². The second-order valence-electron chi connectivity index (χ2n) is 5.36. The van der Waals surface area contributed by atoms with Gasteiger partial charge in [-0.05, 0) is 25.8 Å². The van der Waals surface area contributed by atoms with Gasteiger partial charge in [-0.25, -0.2) is 4.98 Å². The summed E-state index contributed by atoms with van der Waals surface area (Å²) in [4.78, 5) is 7.06. The molecule has 2 heterocycles. The lowest BCUT2D eigenvalue weighted by molar-refractivity contribution is 0.127. The Morgan fingerprint density at radius 2 is 2.29 bits per heavy atom. The number of likely N-dealkylation sites (tertiary alicyclic amines) is 1. The molecule has 1 fully saturated rings. The molecule has 2 rings (SSSR count). The Kier molecular flexibility index (Phi) is 4.17. The van der Waals surface area contributed by atoms with Gasteiger partial charge in [0.1, 0.15) is 0 Å². The van der Waals surface area contributed by atoms with Crippen LogP contribution in [0.1, 0.15) is 43.8 Å². The fourth-order valence-corrected chi connectivity index (χ4v) is 3.12. The first-order valence-corrected chi connectivity index (χ1v) is 7.29. The average Bonchev–Trinajstić information content (AvgIpc) is 2.87. The molecule has 1 aromatic heterocycles. The summed E-state index contributed by atoms with van der Waals surface area (Å²) in [5, 5.41) is 13.0. The Labute approximate surface area is 107 Å². The van der Waals surface area contributed by atoms with Crippen LogP contribution in [0, 0.1) is 5.92 Å². The fourth-order valence-electron chi connectivity index (χ4n) is 2.29. The largest absolute Gasteiger partial charge is 0.393 e. The van der Waals surface area contributed by atoms with Gasteiger partial charge in [0.15, 0.2) is 0 Å². The van der Waals surface area contributed by atoms with Crippen molar-refractivity contribution >= 4 is 11.3 Å². The van der Waals surface area contributed by atoms with Crippen LogP contribution >= 0.6 is 11.3 Å². The predicted molar refractivity (Wildman–Crippen MR) is 71.3 cm³/mol. The summed E-state index contributed by atoms with van der Waals surface area (Å²) in [6, 6.07) is 0. The van der Waals surface area contributed by atoms with Gasteiger partial charge in [-0.1, -0.05) is 13.8 Å². The third-order valence-corrected chi connectivity index (χ3v) is 4.63. The van der Waals surface area contributed by atoms with E-state index >= 15 is 0 Å². The van der Waals surface area contributed by atoms with E-state index in [0.717, 1.165) is 26.1 Å². The van der Waals surface area contributed by atoms with Gasteiger partial charge in [0.05, 0.1) is 16.8 Å². The van der Waals surface area contributed by atoms with Crippen molar-refractivity contribution in [1.29, 1.82) is 0 Å². The van der Waals surface area contributed by atoms with Gasteiger partial charge in [0.2, 0.25) is 0 Å². The van der Waals surface area contributed by atoms with E-state index in [-0.39, 0.29) is 6.10 Å². The van der Waals surface area contributed by atoms with E-state index in [1.54, 1.807) is 11.3 Å². The van der Waals surface area contributed by atoms with E-state index in [2.05, 4.69) is 29.1 Å². The molecule has 2 unspecified atom stereocenters. The van der Waals surface area contributed by atoms with Crippen molar-refractivity contribution in [3.8, 4) is 0 Å². The lowest BCUT2D eigenvalue weighted by Crippen LogP contribution is -2.24. The van der Waals surface area contributed by atoms with Crippen LogP contribution in [0.15, 0.2) is 5.38 Å². The van der Waals surface area contributed by atoms with Gasteiger partial charge in [-0.2, -0.15) is 0 Å². The van der Waals surface area contributed by atoms with Crippen LogP contribution in [-0.2, 0) is 6.54 Å². The summed E-state index contributed by atoms with van der Waals surface area (Å²) in [6.45, 7) is 9.29. The first-order chi connectivity index (χ1) is 8.06. The predicted octanol–water partition coefficient (Wildman–Crippen LogP) is 2.47. The SMILES string of the molecule is CC(C)c1nc(CN2CCC(C(C)O)C2)cs1. The minimum absolute atomic E-state index is 0.179. The normalized spacial score (nSPS) is 23.5. The molecule has 0 aromatic carbocycles. The van der Waals surface area contributed by atoms with Crippen molar-refractivity contribution in [2.45, 2.75) is 45.8 Å². The number of aliphatic hydroxyl groups excluding tert-OH is 1. The lowest BCUT2D eigenvalue weighted by Gasteiger charge is -2.16. The molecule has 0 radical (unpaired) electrons. The zero-order valence-electron chi connectivity index (χ0n) is 10.9. The molecule has 0 bridgehead atoms. The molecule has 0 amide bonds. The molecule has 0 saturated carbocycles. The van der Waals surface area contributed by atoms with Crippen molar-refractivity contribution in [3.63, 3.8) is 0 Å². The number of hydrogen-bond acceptors (Lipinski definition) is 4. The highest BCUT2D eigenvalue weighted by atomic mass is 32.1. The van der Waals surface area contributed by atoms with Crippen LogP contribution < -0.4 is 0 Å². The van der Waals surface area contributed by atoms with Crippen molar-refractivity contribution in [1.82, 2.24) is 9.88 Å². The molecule has 1 aliphatic heterocycles. The molecule has 96 valence electrons. The second-order valence-corrected chi connectivity index (χ2v) is 6.25. The fraction of sp³-hybridized carbons (Fsp3) is 0.769. The number of hydrogen-bond donors (Lipinski definition) is 1.